The van der Waals surface area contributed by atoms with E-state index in [-0.39, 0.29) is 17.9 Å². The van der Waals surface area contributed by atoms with E-state index in [2.05, 4.69) is 15.5 Å². The van der Waals surface area contributed by atoms with Crippen LogP contribution in [0.25, 0.3) is 0 Å². The van der Waals surface area contributed by atoms with Gasteiger partial charge in [-0.05, 0) is 56.1 Å². The van der Waals surface area contributed by atoms with Gasteiger partial charge in [-0.1, -0.05) is 23.9 Å². The highest BCUT2D eigenvalue weighted by Crippen LogP contribution is 2.37. The minimum absolute atomic E-state index is 0.0285. The lowest BCUT2D eigenvalue weighted by Gasteiger charge is -2.44. The molecular formula is C20H23N3O2S2. The van der Waals surface area contributed by atoms with Gasteiger partial charge < -0.3 is 15.5 Å². The summed E-state index contributed by atoms with van der Waals surface area (Å²) in [6.45, 7) is 4.83. The molecule has 2 bridgehead atoms. The van der Waals surface area contributed by atoms with Crippen molar-refractivity contribution in [3.05, 3.63) is 41.3 Å². The molecule has 1 aromatic heterocycles. The predicted molar refractivity (Wildman–Crippen MR) is 110 cm³/mol. The van der Waals surface area contributed by atoms with Gasteiger partial charge in [-0.2, -0.15) is 0 Å². The Morgan fingerprint density at radius 1 is 1.15 bits per heavy atom. The van der Waals surface area contributed by atoms with Crippen LogP contribution >= 0.6 is 23.1 Å². The fraction of sp³-hybridized carbons (Fsp3) is 0.400. The maximum Gasteiger partial charge on any atom is 0.261 e. The average Bonchev–Trinajstić information content (AvgIpc) is 3.13. The van der Waals surface area contributed by atoms with Gasteiger partial charge in [0.05, 0.1) is 14.8 Å². The second-order valence-corrected chi connectivity index (χ2v) is 9.54. The van der Waals surface area contributed by atoms with Crippen molar-refractivity contribution in [1.82, 2.24) is 10.2 Å². The van der Waals surface area contributed by atoms with Crippen molar-refractivity contribution in [2.45, 2.75) is 34.9 Å². The molecule has 2 N–H and O–H groups in total. The standard InChI is InChI=1S/C20H23N3O2S2/c1-13(24)21-15-4-2-3-5-17(15)26-19-7-6-18(27-19)20(25)22-16-12-23-10-8-14(16)9-11-23/h2-7,14,16H,8-12H2,1H3,(H,21,24)(H,22,25)/t16-/m0/s1. The fourth-order valence-electron chi connectivity index (χ4n) is 3.82. The Morgan fingerprint density at radius 3 is 2.63 bits per heavy atom. The molecule has 5 nitrogen and oxygen atoms in total. The molecule has 0 aliphatic carbocycles. The molecule has 2 amide bonds. The number of hydrogen-bond acceptors (Lipinski definition) is 5. The van der Waals surface area contributed by atoms with Crippen LogP contribution in [0.1, 0.15) is 29.4 Å². The van der Waals surface area contributed by atoms with E-state index >= 15 is 0 Å². The molecule has 27 heavy (non-hydrogen) atoms. The van der Waals surface area contributed by atoms with E-state index in [1.165, 1.54) is 44.2 Å². The number of carbonyl (C=O) groups excluding carboxylic acids is 2. The van der Waals surface area contributed by atoms with Crippen LogP contribution in [0.2, 0.25) is 0 Å². The molecule has 0 unspecified atom stereocenters. The molecule has 5 rings (SSSR count). The largest absolute Gasteiger partial charge is 0.347 e. The van der Waals surface area contributed by atoms with Crippen LogP contribution in [0.3, 0.4) is 0 Å². The number of thiophene rings is 1. The van der Waals surface area contributed by atoms with Gasteiger partial charge in [0.25, 0.3) is 5.91 Å². The summed E-state index contributed by atoms with van der Waals surface area (Å²) in [6, 6.07) is 11.9. The maximum absolute atomic E-state index is 12.7. The second kappa shape index (κ2) is 8.04. The lowest BCUT2D eigenvalue weighted by Crippen LogP contribution is -2.57. The third-order valence-electron chi connectivity index (χ3n) is 5.19. The number of piperidine rings is 3. The SMILES string of the molecule is CC(=O)Nc1ccccc1Sc1ccc(C(=O)N[C@H]2CN3CCC2CC3)s1. The molecule has 3 fully saturated rings. The molecule has 0 radical (unpaired) electrons. The van der Waals surface area contributed by atoms with Gasteiger partial charge in [0.15, 0.2) is 0 Å². The molecule has 2 aromatic rings. The number of carbonyl (C=O) groups is 2. The first kappa shape index (κ1) is 18.5. The maximum atomic E-state index is 12.7. The predicted octanol–water partition coefficient (Wildman–Crippen LogP) is 3.68. The van der Waals surface area contributed by atoms with Crippen LogP contribution in [0, 0.1) is 5.92 Å². The van der Waals surface area contributed by atoms with Crippen LogP contribution in [-0.4, -0.2) is 42.4 Å². The van der Waals surface area contributed by atoms with Crippen molar-refractivity contribution in [3.63, 3.8) is 0 Å². The third-order valence-corrected chi connectivity index (χ3v) is 7.48. The van der Waals surface area contributed by atoms with Gasteiger partial charge in [-0.15, -0.1) is 11.3 Å². The van der Waals surface area contributed by atoms with Gasteiger partial charge in [0.1, 0.15) is 0 Å². The van der Waals surface area contributed by atoms with Crippen molar-refractivity contribution < 1.29 is 9.59 Å². The molecule has 3 aliphatic heterocycles. The molecule has 7 heteroatoms. The molecule has 0 saturated carbocycles. The summed E-state index contributed by atoms with van der Waals surface area (Å²) in [6.07, 6.45) is 2.38. The number of anilines is 1. The molecule has 4 heterocycles. The summed E-state index contributed by atoms with van der Waals surface area (Å²) < 4.78 is 1.03. The van der Waals surface area contributed by atoms with Crippen LogP contribution in [0.4, 0.5) is 5.69 Å². The number of benzene rings is 1. The number of nitrogens with one attached hydrogen (secondary N) is 2. The van der Waals surface area contributed by atoms with Gasteiger partial charge in [0, 0.05) is 24.4 Å². The van der Waals surface area contributed by atoms with Crippen molar-refractivity contribution >= 4 is 40.6 Å². The van der Waals surface area contributed by atoms with E-state index in [4.69, 9.17) is 0 Å². The number of amides is 2. The Hall–Kier alpha value is -1.83. The van der Waals surface area contributed by atoms with E-state index in [0.29, 0.717) is 5.92 Å². The number of hydrogen-bond donors (Lipinski definition) is 2. The quantitative estimate of drug-likeness (QED) is 0.802. The van der Waals surface area contributed by atoms with Crippen molar-refractivity contribution in [2.24, 2.45) is 5.92 Å². The highest BCUT2D eigenvalue weighted by atomic mass is 32.2. The zero-order valence-corrected chi connectivity index (χ0v) is 16.9. The Labute approximate surface area is 167 Å². The number of rotatable bonds is 5. The van der Waals surface area contributed by atoms with Crippen LogP contribution in [0.15, 0.2) is 45.5 Å². The molecule has 1 atom stereocenters. The first-order valence-electron chi connectivity index (χ1n) is 9.26. The van der Waals surface area contributed by atoms with Gasteiger partial charge in [-0.3, -0.25) is 9.59 Å². The van der Waals surface area contributed by atoms with Crippen molar-refractivity contribution in [3.8, 4) is 0 Å². The molecular weight excluding hydrogens is 378 g/mol. The summed E-state index contributed by atoms with van der Waals surface area (Å²) in [5.41, 5.74) is 0.793. The highest BCUT2D eigenvalue weighted by Gasteiger charge is 2.35. The van der Waals surface area contributed by atoms with Crippen LogP contribution < -0.4 is 10.6 Å². The van der Waals surface area contributed by atoms with E-state index in [9.17, 15) is 9.59 Å². The number of nitrogens with zero attached hydrogens (tertiary/aromatic N) is 1. The lowest BCUT2D eigenvalue weighted by atomic mass is 9.84. The number of para-hydroxylation sites is 1. The van der Waals surface area contributed by atoms with E-state index < -0.39 is 0 Å². The molecule has 142 valence electrons. The molecule has 1 aromatic carbocycles. The fourth-order valence-corrected chi connectivity index (χ4v) is 5.90. The second-order valence-electron chi connectivity index (χ2n) is 7.12. The third kappa shape index (κ3) is 4.36. The smallest absolute Gasteiger partial charge is 0.261 e. The molecule has 3 aliphatic rings. The lowest BCUT2D eigenvalue weighted by molar-refractivity contribution is -0.114. The van der Waals surface area contributed by atoms with E-state index in [1.807, 2.05) is 36.4 Å². The first-order chi connectivity index (χ1) is 13.1. The van der Waals surface area contributed by atoms with Gasteiger partial charge in [0.2, 0.25) is 5.91 Å². The Kier molecular flexibility index (Phi) is 5.52. The zero-order valence-electron chi connectivity index (χ0n) is 15.2. The monoisotopic (exact) mass is 401 g/mol. The van der Waals surface area contributed by atoms with Crippen molar-refractivity contribution in [2.75, 3.05) is 25.0 Å². The Balaban J connectivity index is 1.41. The number of fused-ring (bicyclic) bond motifs is 3. The normalized spacial score (nSPS) is 23.8. The first-order valence-corrected chi connectivity index (χ1v) is 10.9. The van der Waals surface area contributed by atoms with E-state index in [0.717, 1.165) is 26.2 Å². The zero-order chi connectivity index (χ0) is 18.8. The summed E-state index contributed by atoms with van der Waals surface area (Å²) >= 11 is 3.06. The summed E-state index contributed by atoms with van der Waals surface area (Å²) in [7, 11) is 0. The summed E-state index contributed by atoms with van der Waals surface area (Å²) in [4.78, 5) is 28.2. The van der Waals surface area contributed by atoms with Crippen molar-refractivity contribution in [1.29, 1.82) is 0 Å². The summed E-state index contributed by atoms with van der Waals surface area (Å²) in [5, 5.41) is 6.10. The summed E-state index contributed by atoms with van der Waals surface area (Å²) in [5.74, 6) is 0.560. The highest BCUT2D eigenvalue weighted by molar-refractivity contribution is 8.01. The van der Waals surface area contributed by atoms with E-state index in [1.54, 1.807) is 11.8 Å². The van der Waals surface area contributed by atoms with Crippen LogP contribution in [0.5, 0.6) is 0 Å². The van der Waals surface area contributed by atoms with Gasteiger partial charge in [-0.25, -0.2) is 0 Å². The van der Waals surface area contributed by atoms with Crippen LogP contribution in [-0.2, 0) is 4.79 Å². The van der Waals surface area contributed by atoms with Gasteiger partial charge >= 0.3 is 0 Å². The Morgan fingerprint density at radius 2 is 1.93 bits per heavy atom. The topological polar surface area (TPSA) is 61.4 Å². The molecule has 3 saturated heterocycles. The Bertz CT molecular complexity index is 843. The minimum Gasteiger partial charge on any atom is -0.347 e. The minimum atomic E-state index is -0.0909. The average molecular weight is 402 g/mol. The molecule has 0 spiro atoms.